The summed E-state index contributed by atoms with van der Waals surface area (Å²) in [6, 6.07) is 5.85. The van der Waals surface area contributed by atoms with Crippen LogP contribution >= 0.6 is 0 Å². The number of aryl methyl sites for hydroxylation is 1. The van der Waals surface area contributed by atoms with Gasteiger partial charge in [0.2, 0.25) is 12.4 Å². The first kappa shape index (κ1) is 31.0. The van der Waals surface area contributed by atoms with E-state index in [-0.39, 0.29) is 12.0 Å². The summed E-state index contributed by atoms with van der Waals surface area (Å²) in [5.41, 5.74) is 2.22. The van der Waals surface area contributed by atoms with Gasteiger partial charge < -0.3 is 28.4 Å². The van der Waals surface area contributed by atoms with E-state index < -0.39 is 54.6 Å². The summed E-state index contributed by atoms with van der Waals surface area (Å²) >= 11 is 0. The molecule has 43 heavy (non-hydrogen) atoms. The molecule has 1 aliphatic heterocycles. The van der Waals surface area contributed by atoms with Crippen molar-refractivity contribution in [1.82, 2.24) is 0 Å². The molecule has 0 bridgehead atoms. The third kappa shape index (κ3) is 6.27. The summed E-state index contributed by atoms with van der Waals surface area (Å²) in [5.74, 6) is -0.542. The van der Waals surface area contributed by atoms with Crippen LogP contribution in [0, 0.1) is 17.3 Å². The highest BCUT2D eigenvalue weighted by atomic mass is 16.7. The molecule has 1 heterocycles. The van der Waals surface area contributed by atoms with Crippen LogP contribution in [0.15, 0.2) is 18.2 Å². The maximum Gasteiger partial charge on any atom is 0.303 e. The van der Waals surface area contributed by atoms with Gasteiger partial charge in [0.1, 0.15) is 24.2 Å². The predicted molar refractivity (Wildman–Crippen MR) is 149 cm³/mol. The van der Waals surface area contributed by atoms with Crippen molar-refractivity contribution in [3.63, 3.8) is 0 Å². The molecule has 1 aromatic carbocycles. The van der Waals surface area contributed by atoms with Crippen LogP contribution < -0.4 is 4.74 Å². The smallest absolute Gasteiger partial charge is 0.303 e. The van der Waals surface area contributed by atoms with E-state index >= 15 is 0 Å². The summed E-state index contributed by atoms with van der Waals surface area (Å²) in [4.78, 5) is 60.5. The molecule has 3 fully saturated rings. The van der Waals surface area contributed by atoms with Gasteiger partial charge in [0.15, 0.2) is 12.2 Å². The summed E-state index contributed by atoms with van der Waals surface area (Å²) in [6.07, 6.45) is -0.852. The fraction of sp³-hybridized carbons (Fsp3) is 0.656. The second-order valence-electron chi connectivity index (χ2n) is 12.4. The molecule has 11 heteroatoms. The Morgan fingerprint density at radius 2 is 1.53 bits per heavy atom. The van der Waals surface area contributed by atoms with Crippen LogP contribution in [0.1, 0.15) is 83.8 Å². The average molecular weight is 601 g/mol. The first-order valence-electron chi connectivity index (χ1n) is 15.0. The highest BCUT2D eigenvalue weighted by molar-refractivity contribution is 5.87. The van der Waals surface area contributed by atoms with E-state index in [0.717, 1.165) is 37.7 Å². The number of esters is 4. The predicted octanol–water partition coefficient (Wildman–Crippen LogP) is 3.57. The molecule has 2 saturated carbocycles. The molecule has 4 aliphatic rings. The second kappa shape index (κ2) is 12.3. The number of ether oxygens (including phenoxy) is 6. The van der Waals surface area contributed by atoms with Crippen molar-refractivity contribution in [2.45, 2.75) is 110 Å². The molecule has 0 radical (unpaired) electrons. The Balaban J connectivity index is 1.42. The largest absolute Gasteiger partial charge is 0.463 e. The monoisotopic (exact) mass is 600 g/mol. The zero-order chi connectivity index (χ0) is 31.1. The van der Waals surface area contributed by atoms with E-state index in [0.29, 0.717) is 35.7 Å². The summed E-state index contributed by atoms with van der Waals surface area (Å²) in [5, 5.41) is 0. The minimum absolute atomic E-state index is 0.198. The van der Waals surface area contributed by atoms with Crippen LogP contribution in [0.5, 0.6) is 5.75 Å². The van der Waals surface area contributed by atoms with Crippen LogP contribution in [0.25, 0.3) is 0 Å². The highest BCUT2D eigenvalue weighted by Gasteiger charge is 2.55. The number of carbonyl (C=O) groups excluding carboxylic acids is 5. The average Bonchev–Trinajstić information content (AvgIpc) is 3.24. The lowest BCUT2D eigenvalue weighted by Gasteiger charge is -2.48. The van der Waals surface area contributed by atoms with Crippen molar-refractivity contribution in [2.24, 2.45) is 17.3 Å². The van der Waals surface area contributed by atoms with Crippen molar-refractivity contribution in [2.75, 3.05) is 6.61 Å². The summed E-state index contributed by atoms with van der Waals surface area (Å²) in [6.45, 7) is 6.59. The minimum atomic E-state index is -1.30. The van der Waals surface area contributed by atoms with Gasteiger partial charge in [-0.15, -0.1) is 0 Å². The Bertz CT molecular complexity index is 1290. The Morgan fingerprint density at radius 1 is 0.860 bits per heavy atom. The molecule has 1 saturated heterocycles. The van der Waals surface area contributed by atoms with Gasteiger partial charge in [0, 0.05) is 39.5 Å². The maximum atomic E-state index is 12.7. The molecule has 1 aromatic rings. The zero-order valence-corrected chi connectivity index (χ0v) is 25.3. The van der Waals surface area contributed by atoms with E-state index in [4.69, 9.17) is 28.4 Å². The lowest BCUT2D eigenvalue weighted by atomic mass is 9.55. The molecule has 0 amide bonds. The van der Waals surface area contributed by atoms with Crippen molar-refractivity contribution in [1.29, 1.82) is 0 Å². The van der Waals surface area contributed by atoms with Crippen molar-refractivity contribution >= 4 is 29.7 Å². The fourth-order valence-electron chi connectivity index (χ4n) is 7.82. The van der Waals surface area contributed by atoms with Gasteiger partial charge in [0.05, 0.1) is 0 Å². The van der Waals surface area contributed by atoms with Crippen LogP contribution in [0.2, 0.25) is 0 Å². The van der Waals surface area contributed by atoms with Crippen LogP contribution in [0.3, 0.4) is 0 Å². The van der Waals surface area contributed by atoms with Crippen LogP contribution in [-0.2, 0) is 54.1 Å². The molecule has 0 N–H and O–H groups in total. The Hall–Kier alpha value is -3.47. The van der Waals surface area contributed by atoms with E-state index in [1.807, 2.05) is 12.1 Å². The van der Waals surface area contributed by atoms with Gasteiger partial charge >= 0.3 is 23.9 Å². The molecule has 0 aromatic heterocycles. The van der Waals surface area contributed by atoms with E-state index in [1.54, 1.807) is 0 Å². The number of benzene rings is 1. The number of ketones is 1. The quantitative estimate of drug-likeness (QED) is 0.335. The second-order valence-corrected chi connectivity index (χ2v) is 12.4. The van der Waals surface area contributed by atoms with Crippen LogP contribution in [-0.4, -0.2) is 67.0 Å². The van der Waals surface area contributed by atoms with Crippen molar-refractivity contribution in [3.05, 3.63) is 29.3 Å². The maximum absolute atomic E-state index is 12.7. The number of Topliss-reactive ketones (excluding diaryl/α,β-unsaturated/α-hetero) is 1. The summed E-state index contributed by atoms with van der Waals surface area (Å²) < 4.78 is 34.0. The van der Waals surface area contributed by atoms with E-state index in [9.17, 15) is 24.0 Å². The van der Waals surface area contributed by atoms with Gasteiger partial charge in [-0.3, -0.25) is 24.0 Å². The van der Waals surface area contributed by atoms with Gasteiger partial charge in [-0.05, 0) is 73.1 Å². The highest BCUT2D eigenvalue weighted by Crippen LogP contribution is 2.59. The van der Waals surface area contributed by atoms with Crippen molar-refractivity contribution < 1.29 is 52.4 Å². The third-order valence-corrected chi connectivity index (χ3v) is 9.61. The molecule has 2 unspecified atom stereocenters. The van der Waals surface area contributed by atoms with Crippen molar-refractivity contribution in [3.8, 4) is 5.75 Å². The molecule has 234 valence electrons. The molecule has 0 spiro atoms. The first-order valence-corrected chi connectivity index (χ1v) is 15.0. The van der Waals surface area contributed by atoms with Gasteiger partial charge in [-0.2, -0.15) is 0 Å². The Labute approximate surface area is 250 Å². The molecular formula is C32H40O11. The molecule has 5 rings (SSSR count). The van der Waals surface area contributed by atoms with Gasteiger partial charge in [-0.1, -0.05) is 13.0 Å². The third-order valence-electron chi connectivity index (χ3n) is 9.61. The Kier molecular flexibility index (Phi) is 8.83. The van der Waals surface area contributed by atoms with Crippen LogP contribution in [0.4, 0.5) is 0 Å². The minimum Gasteiger partial charge on any atom is -0.463 e. The molecule has 9 atom stereocenters. The van der Waals surface area contributed by atoms with Gasteiger partial charge in [0.25, 0.3) is 0 Å². The normalized spacial score (nSPS) is 34.6. The molecule has 3 aliphatic carbocycles. The topological polar surface area (TPSA) is 141 Å². The lowest BCUT2D eigenvalue weighted by Crippen LogP contribution is -2.63. The SMILES string of the molecule is CC(=O)OCC1O[C@H](Oc2ccc3c(c2)CC[C@@H]2[C@@H]3CC[C@]3(C)C(=O)CC[C@@H]23)C(OC(C)=O)[C@@H](OC(C)=O)[C@H]1OC(C)=O. The number of carbonyl (C=O) groups is 5. The number of fused-ring (bicyclic) bond motifs is 5. The summed E-state index contributed by atoms with van der Waals surface area (Å²) in [7, 11) is 0. The standard InChI is InChI=1S/C32H40O11/c1-16(33)38-15-26-28(39-17(2)34)29(40-18(3)35)30(41-19(4)36)31(43-26)42-21-7-9-22-20(14-21)6-8-24-23(22)12-13-32(5)25(24)10-11-27(32)37/h7,9,14,23-26,28-31H,6,8,10-13,15H2,1-5H3/t23-,24-,25+,26?,28+,29+,30?,31+,32+/m1/s1. The lowest BCUT2D eigenvalue weighted by molar-refractivity contribution is -0.288. The van der Waals surface area contributed by atoms with Gasteiger partial charge in [-0.25, -0.2) is 0 Å². The molecule has 11 nitrogen and oxygen atoms in total. The zero-order valence-electron chi connectivity index (χ0n) is 25.3. The van der Waals surface area contributed by atoms with E-state index in [1.165, 1.54) is 33.3 Å². The molecular weight excluding hydrogens is 560 g/mol. The fourth-order valence-corrected chi connectivity index (χ4v) is 7.82. The first-order chi connectivity index (χ1) is 20.4. The number of hydrogen-bond donors (Lipinski definition) is 0. The Morgan fingerprint density at radius 3 is 2.21 bits per heavy atom. The number of hydrogen-bond acceptors (Lipinski definition) is 11. The number of rotatable bonds is 7. The van der Waals surface area contributed by atoms with E-state index in [2.05, 4.69) is 13.0 Å².